The van der Waals surface area contributed by atoms with E-state index in [0.29, 0.717) is 11.0 Å². The fourth-order valence-electron chi connectivity index (χ4n) is 2.40. The fourth-order valence-corrected chi connectivity index (χ4v) is 3.91. The van der Waals surface area contributed by atoms with Crippen molar-refractivity contribution in [3.8, 4) is 0 Å². The zero-order valence-corrected chi connectivity index (χ0v) is 16.8. The minimum Gasteiger partial charge on any atom is -0.365 e. The molecule has 148 valence electrons. The van der Waals surface area contributed by atoms with Gasteiger partial charge in [0.05, 0.1) is 6.54 Å². The van der Waals surface area contributed by atoms with Crippen LogP contribution in [0.2, 0.25) is 0 Å². The van der Waals surface area contributed by atoms with Gasteiger partial charge in [-0.15, -0.1) is 11.3 Å². The number of halogens is 3. The molecule has 0 amide bonds. The summed E-state index contributed by atoms with van der Waals surface area (Å²) in [6.07, 6.45) is -3.81. The van der Waals surface area contributed by atoms with Gasteiger partial charge in [-0.2, -0.15) is 18.2 Å². The average Bonchev–Trinajstić information content (AvgIpc) is 3.12. The number of hydrogen-bond acceptors (Lipinski definition) is 6. The zero-order chi connectivity index (χ0) is 20.4. The molecular weight excluding hydrogens is 408 g/mol. The summed E-state index contributed by atoms with van der Waals surface area (Å²) >= 11 is 1.44. The quantitative estimate of drug-likeness (QED) is 0.533. The highest BCUT2D eigenvalue weighted by molar-refractivity contribution is 7.70. The largest absolute Gasteiger partial charge is 0.421 e. The Bertz CT molecular complexity index is 985. The number of thiophene rings is 1. The molecule has 0 aliphatic heterocycles. The number of benzene rings is 1. The predicted molar refractivity (Wildman–Crippen MR) is 107 cm³/mol. The fraction of sp³-hybridized carbons (Fsp3) is 0.222. The number of hydrogen-bond donors (Lipinski definition) is 2. The van der Waals surface area contributed by atoms with Crippen molar-refractivity contribution in [3.63, 3.8) is 0 Å². The Labute approximate surface area is 164 Å². The predicted octanol–water partition coefficient (Wildman–Crippen LogP) is 5.16. The first kappa shape index (κ1) is 20.4. The van der Waals surface area contributed by atoms with Gasteiger partial charge in [0.2, 0.25) is 5.95 Å². The first-order valence-corrected chi connectivity index (χ1v) is 11.7. The summed E-state index contributed by atoms with van der Waals surface area (Å²) in [5, 5.41) is 8.18. The molecule has 5 nitrogen and oxygen atoms in total. The molecular formula is C18H18F3N4OPS. The molecule has 0 spiro atoms. The summed E-state index contributed by atoms with van der Waals surface area (Å²) in [6.45, 7) is 3.56. The van der Waals surface area contributed by atoms with Crippen molar-refractivity contribution in [1.29, 1.82) is 0 Å². The van der Waals surface area contributed by atoms with Gasteiger partial charge in [-0.3, -0.25) is 0 Å². The van der Waals surface area contributed by atoms with Crippen LogP contribution in [0.15, 0.2) is 48.0 Å². The molecule has 0 aliphatic rings. The van der Waals surface area contributed by atoms with Crippen LogP contribution in [0.1, 0.15) is 10.4 Å². The first-order chi connectivity index (χ1) is 13.1. The van der Waals surface area contributed by atoms with Crippen LogP contribution < -0.4 is 15.9 Å². The molecule has 0 unspecified atom stereocenters. The standard InChI is InChI=1S/C18H18F3N4OPS/c1-27(2,26)13-7-5-12(6-8-13)24-17-23-11-15(18(19,20)21)16(25-17)22-10-14-4-3-9-28-14/h3-9,11H,10H2,1-2H3,(H2,22,23,24,25). The maximum Gasteiger partial charge on any atom is 0.421 e. The number of anilines is 3. The third-order valence-electron chi connectivity index (χ3n) is 3.85. The summed E-state index contributed by atoms with van der Waals surface area (Å²) in [5.41, 5.74) is -0.343. The van der Waals surface area contributed by atoms with E-state index in [9.17, 15) is 17.7 Å². The van der Waals surface area contributed by atoms with Gasteiger partial charge >= 0.3 is 6.18 Å². The first-order valence-electron chi connectivity index (χ1n) is 8.26. The van der Waals surface area contributed by atoms with E-state index >= 15 is 0 Å². The van der Waals surface area contributed by atoms with Crippen LogP contribution in [0.3, 0.4) is 0 Å². The van der Waals surface area contributed by atoms with E-state index < -0.39 is 18.9 Å². The van der Waals surface area contributed by atoms with E-state index in [2.05, 4.69) is 20.6 Å². The molecule has 3 aromatic rings. The highest BCUT2D eigenvalue weighted by Gasteiger charge is 2.35. The second kappa shape index (κ2) is 7.93. The molecule has 10 heteroatoms. The number of alkyl halides is 3. The molecule has 0 aliphatic carbocycles. The van der Waals surface area contributed by atoms with Crippen molar-refractivity contribution in [2.24, 2.45) is 0 Å². The molecule has 2 aromatic heterocycles. The van der Waals surface area contributed by atoms with Gasteiger partial charge in [-0.25, -0.2) is 4.98 Å². The third-order valence-corrected chi connectivity index (χ3v) is 6.27. The lowest BCUT2D eigenvalue weighted by Crippen LogP contribution is -2.14. The zero-order valence-electron chi connectivity index (χ0n) is 15.1. The molecule has 0 saturated heterocycles. The minimum absolute atomic E-state index is 0.0330. The van der Waals surface area contributed by atoms with Crippen molar-refractivity contribution in [2.45, 2.75) is 12.7 Å². The van der Waals surface area contributed by atoms with Crippen LogP contribution in [0.25, 0.3) is 0 Å². The molecule has 2 heterocycles. The van der Waals surface area contributed by atoms with Gasteiger partial charge in [0.15, 0.2) is 0 Å². The van der Waals surface area contributed by atoms with E-state index in [1.165, 1.54) is 11.3 Å². The molecule has 1 aromatic carbocycles. The monoisotopic (exact) mass is 426 g/mol. The summed E-state index contributed by atoms with van der Waals surface area (Å²) in [7, 11) is -2.38. The van der Waals surface area contributed by atoms with Crippen molar-refractivity contribution >= 4 is 41.2 Å². The van der Waals surface area contributed by atoms with Gasteiger partial charge in [0, 0.05) is 22.1 Å². The second-order valence-electron chi connectivity index (χ2n) is 6.41. The maximum absolute atomic E-state index is 13.3. The van der Waals surface area contributed by atoms with E-state index in [4.69, 9.17) is 0 Å². The summed E-state index contributed by atoms with van der Waals surface area (Å²) < 4.78 is 51.9. The summed E-state index contributed by atoms with van der Waals surface area (Å²) in [4.78, 5) is 8.67. The molecule has 0 atom stereocenters. The Morgan fingerprint density at radius 2 is 1.86 bits per heavy atom. The maximum atomic E-state index is 13.3. The Hall–Kier alpha value is -2.38. The van der Waals surface area contributed by atoms with Crippen LogP contribution in [-0.2, 0) is 17.3 Å². The van der Waals surface area contributed by atoms with Gasteiger partial charge in [-0.05, 0) is 49.0 Å². The number of rotatable bonds is 6. The van der Waals surface area contributed by atoms with Crippen LogP contribution >= 0.6 is 18.5 Å². The van der Waals surface area contributed by atoms with E-state index in [-0.39, 0.29) is 18.3 Å². The molecule has 0 bridgehead atoms. The highest BCUT2D eigenvalue weighted by atomic mass is 32.1. The number of nitrogens with one attached hydrogen (secondary N) is 2. The number of nitrogens with zero attached hydrogens (tertiary/aromatic N) is 2. The third kappa shape index (κ3) is 5.11. The van der Waals surface area contributed by atoms with Gasteiger partial charge < -0.3 is 15.2 Å². The Kier molecular flexibility index (Phi) is 5.76. The van der Waals surface area contributed by atoms with Gasteiger partial charge in [0.1, 0.15) is 18.5 Å². The molecule has 2 N–H and O–H groups in total. The lowest BCUT2D eigenvalue weighted by atomic mass is 10.3. The van der Waals surface area contributed by atoms with Gasteiger partial charge in [0.25, 0.3) is 0 Å². The Morgan fingerprint density at radius 3 is 2.43 bits per heavy atom. The van der Waals surface area contributed by atoms with Crippen molar-refractivity contribution in [2.75, 3.05) is 24.0 Å². The smallest absolute Gasteiger partial charge is 0.365 e. The van der Waals surface area contributed by atoms with E-state index in [1.807, 2.05) is 17.5 Å². The lowest BCUT2D eigenvalue weighted by Gasteiger charge is -2.15. The van der Waals surface area contributed by atoms with Crippen LogP contribution in [0.5, 0.6) is 0 Å². The SMILES string of the molecule is CP(C)(=O)c1ccc(Nc2ncc(C(F)(F)F)c(NCc3cccs3)n2)cc1. The molecule has 0 fully saturated rings. The normalized spacial score (nSPS) is 12.0. The number of aromatic nitrogens is 2. The minimum atomic E-state index is -4.57. The van der Waals surface area contributed by atoms with Crippen molar-refractivity contribution in [3.05, 3.63) is 58.4 Å². The van der Waals surface area contributed by atoms with E-state index in [0.717, 1.165) is 11.1 Å². The van der Waals surface area contributed by atoms with Gasteiger partial charge in [-0.1, -0.05) is 6.07 Å². The second-order valence-corrected chi connectivity index (χ2v) is 10.7. The average molecular weight is 426 g/mol. The molecule has 0 saturated carbocycles. The Morgan fingerprint density at radius 1 is 1.14 bits per heavy atom. The van der Waals surface area contributed by atoms with Crippen LogP contribution in [0, 0.1) is 0 Å². The van der Waals surface area contributed by atoms with Crippen LogP contribution in [0.4, 0.5) is 30.6 Å². The topological polar surface area (TPSA) is 66.9 Å². The molecule has 3 rings (SSSR count). The van der Waals surface area contributed by atoms with Crippen molar-refractivity contribution < 1.29 is 17.7 Å². The van der Waals surface area contributed by atoms with Crippen LogP contribution in [-0.4, -0.2) is 23.3 Å². The Balaban J connectivity index is 1.83. The van der Waals surface area contributed by atoms with Crippen molar-refractivity contribution in [1.82, 2.24) is 9.97 Å². The summed E-state index contributed by atoms with van der Waals surface area (Å²) in [5.74, 6) is -0.257. The molecule has 0 radical (unpaired) electrons. The molecule has 28 heavy (non-hydrogen) atoms. The lowest BCUT2D eigenvalue weighted by molar-refractivity contribution is -0.137. The summed E-state index contributed by atoms with van der Waals surface area (Å²) in [6, 6.07) is 10.5. The van der Waals surface area contributed by atoms with E-state index in [1.54, 1.807) is 37.6 Å². The highest BCUT2D eigenvalue weighted by Crippen LogP contribution is 2.36.